The molecule has 0 spiro atoms. The predicted molar refractivity (Wildman–Crippen MR) is 81.4 cm³/mol. The number of rotatable bonds is 3. The molecule has 116 valence electrons. The van der Waals surface area contributed by atoms with E-state index in [-0.39, 0.29) is 18.1 Å². The van der Waals surface area contributed by atoms with E-state index >= 15 is 0 Å². The third-order valence-electron chi connectivity index (χ3n) is 3.86. The monoisotopic (exact) mass is 300 g/mol. The van der Waals surface area contributed by atoms with E-state index in [1.54, 1.807) is 6.20 Å². The molecule has 0 bridgehead atoms. The van der Waals surface area contributed by atoms with Crippen molar-refractivity contribution in [2.75, 3.05) is 0 Å². The van der Waals surface area contributed by atoms with Crippen LogP contribution in [-0.4, -0.2) is 27.2 Å². The second-order valence-electron chi connectivity index (χ2n) is 5.75. The Labute approximate surface area is 129 Å². The van der Waals surface area contributed by atoms with Crippen molar-refractivity contribution in [3.8, 4) is 0 Å². The molecule has 0 aliphatic carbocycles. The van der Waals surface area contributed by atoms with Gasteiger partial charge in [-0.25, -0.2) is 0 Å². The van der Waals surface area contributed by atoms with Gasteiger partial charge in [0.05, 0.1) is 17.9 Å². The van der Waals surface area contributed by atoms with E-state index in [4.69, 9.17) is 4.74 Å². The zero-order valence-electron chi connectivity index (χ0n) is 13.0. The van der Waals surface area contributed by atoms with Gasteiger partial charge in [-0.1, -0.05) is 0 Å². The quantitative estimate of drug-likeness (QED) is 0.909. The summed E-state index contributed by atoms with van der Waals surface area (Å²) in [5, 5.41) is 10.0. The lowest BCUT2D eigenvalue weighted by Crippen LogP contribution is -2.27. The van der Waals surface area contributed by atoms with E-state index in [1.165, 1.54) is 0 Å². The molecular weight excluding hydrogens is 280 g/mol. The van der Waals surface area contributed by atoms with Crippen molar-refractivity contribution < 1.29 is 9.53 Å². The molecule has 0 saturated heterocycles. The molecular formula is C16H20N4O2. The molecule has 2 aromatic rings. The molecule has 6 nitrogen and oxygen atoms in total. The zero-order chi connectivity index (χ0) is 15.7. The number of fused-ring (bicyclic) bond motifs is 1. The van der Waals surface area contributed by atoms with Gasteiger partial charge in [-0.3, -0.25) is 14.9 Å². The van der Waals surface area contributed by atoms with Crippen LogP contribution in [-0.2, 0) is 17.7 Å². The summed E-state index contributed by atoms with van der Waals surface area (Å²) in [7, 11) is 0. The first-order valence-corrected chi connectivity index (χ1v) is 7.47. The van der Waals surface area contributed by atoms with Crippen LogP contribution in [0.5, 0.6) is 0 Å². The van der Waals surface area contributed by atoms with Crippen molar-refractivity contribution in [2.24, 2.45) is 0 Å². The van der Waals surface area contributed by atoms with Gasteiger partial charge in [-0.2, -0.15) is 5.10 Å². The second kappa shape index (κ2) is 5.88. The van der Waals surface area contributed by atoms with E-state index in [2.05, 4.69) is 20.5 Å². The lowest BCUT2D eigenvalue weighted by molar-refractivity contribution is -0.00697. The smallest absolute Gasteiger partial charge is 0.272 e. The number of carbonyl (C=O) groups excluding carboxylic acids is 1. The first kappa shape index (κ1) is 14.7. The third kappa shape index (κ3) is 2.87. The Morgan fingerprint density at radius 3 is 3.09 bits per heavy atom. The van der Waals surface area contributed by atoms with Crippen LogP contribution in [0.15, 0.2) is 18.3 Å². The Morgan fingerprint density at radius 2 is 2.32 bits per heavy atom. The van der Waals surface area contributed by atoms with Crippen LogP contribution in [0, 0.1) is 6.92 Å². The molecule has 0 saturated carbocycles. The number of nitrogens with zero attached hydrogens (tertiary/aromatic N) is 2. The van der Waals surface area contributed by atoms with Crippen molar-refractivity contribution in [1.29, 1.82) is 0 Å². The van der Waals surface area contributed by atoms with Gasteiger partial charge in [0.2, 0.25) is 0 Å². The average molecular weight is 300 g/mol. The van der Waals surface area contributed by atoms with Gasteiger partial charge in [0.25, 0.3) is 5.91 Å². The number of aromatic nitrogens is 3. The minimum atomic E-state index is -0.159. The van der Waals surface area contributed by atoms with E-state index in [0.717, 1.165) is 22.5 Å². The molecule has 22 heavy (non-hydrogen) atoms. The lowest BCUT2D eigenvalue weighted by Gasteiger charge is -2.25. The van der Waals surface area contributed by atoms with Crippen LogP contribution in [0.3, 0.4) is 0 Å². The molecule has 6 heteroatoms. The lowest BCUT2D eigenvalue weighted by atomic mass is 9.99. The molecule has 2 aromatic heterocycles. The number of amides is 1. The van der Waals surface area contributed by atoms with Crippen LogP contribution in [0.2, 0.25) is 0 Å². The highest BCUT2D eigenvalue weighted by Crippen LogP contribution is 2.29. The Morgan fingerprint density at radius 1 is 1.50 bits per heavy atom. The highest BCUT2D eigenvalue weighted by molar-refractivity contribution is 5.94. The predicted octanol–water partition coefficient (Wildman–Crippen LogP) is 2.07. The Hall–Kier alpha value is -2.21. The van der Waals surface area contributed by atoms with Crippen LogP contribution < -0.4 is 5.32 Å². The molecule has 0 fully saturated rings. The van der Waals surface area contributed by atoms with Gasteiger partial charge < -0.3 is 10.1 Å². The minimum Gasteiger partial charge on any atom is -0.369 e. The number of hydrogen-bond donors (Lipinski definition) is 2. The van der Waals surface area contributed by atoms with Gasteiger partial charge >= 0.3 is 0 Å². The number of ether oxygens (including phenoxy) is 1. The SMILES string of the molecule is Cc1cc(CNC(=O)c2n[nH]c3c2C[C@@H](C)O[C@H]3C)ccn1. The van der Waals surface area contributed by atoms with Crippen molar-refractivity contribution in [3.63, 3.8) is 0 Å². The number of nitrogens with one attached hydrogen (secondary N) is 2. The Kier molecular flexibility index (Phi) is 3.94. The number of aryl methyl sites for hydroxylation is 1. The summed E-state index contributed by atoms with van der Waals surface area (Å²) in [5.41, 5.74) is 4.31. The van der Waals surface area contributed by atoms with Crippen molar-refractivity contribution >= 4 is 5.91 Å². The van der Waals surface area contributed by atoms with Gasteiger partial charge in [-0.15, -0.1) is 0 Å². The fraction of sp³-hybridized carbons (Fsp3) is 0.438. The first-order valence-electron chi connectivity index (χ1n) is 7.47. The van der Waals surface area contributed by atoms with Crippen molar-refractivity contribution in [3.05, 3.63) is 46.5 Å². The average Bonchev–Trinajstić information content (AvgIpc) is 2.89. The molecule has 2 atom stereocenters. The Balaban J connectivity index is 1.73. The topological polar surface area (TPSA) is 79.9 Å². The largest absolute Gasteiger partial charge is 0.369 e. The highest BCUT2D eigenvalue weighted by atomic mass is 16.5. The van der Waals surface area contributed by atoms with Crippen molar-refractivity contribution in [2.45, 2.75) is 45.9 Å². The highest BCUT2D eigenvalue weighted by Gasteiger charge is 2.29. The summed E-state index contributed by atoms with van der Waals surface area (Å²) in [5.74, 6) is -0.159. The molecule has 1 aliphatic heterocycles. The maximum absolute atomic E-state index is 12.4. The van der Waals surface area contributed by atoms with E-state index < -0.39 is 0 Å². The van der Waals surface area contributed by atoms with Gasteiger partial charge in [0.1, 0.15) is 0 Å². The first-order chi connectivity index (χ1) is 10.5. The standard InChI is InChI=1S/C16H20N4O2/c1-9-6-12(4-5-17-9)8-18-16(21)15-13-7-10(2)22-11(3)14(13)19-20-15/h4-6,10-11H,7-8H2,1-3H3,(H,18,21)(H,19,20)/t10-,11+/m1/s1. The number of pyridine rings is 1. The number of hydrogen-bond acceptors (Lipinski definition) is 4. The molecule has 0 unspecified atom stereocenters. The van der Waals surface area contributed by atoms with E-state index in [9.17, 15) is 4.79 Å². The molecule has 0 radical (unpaired) electrons. The van der Waals surface area contributed by atoms with Crippen LogP contribution in [0.4, 0.5) is 0 Å². The summed E-state index contributed by atoms with van der Waals surface area (Å²) in [6, 6.07) is 3.85. The maximum atomic E-state index is 12.4. The summed E-state index contributed by atoms with van der Waals surface area (Å²) >= 11 is 0. The fourth-order valence-electron chi connectivity index (χ4n) is 2.84. The summed E-state index contributed by atoms with van der Waals surface area (Å²) < 4.78 is 5.74. The third-order valence-corrected chi connectivity index (χ3v) is 3.86. The number of carbonyl (C=O) groups is 1. The van der Waals surface area contributed by atoms with E-state index in [1.807, 2.05) is 32.9 Å². The van der Waals surface area contributed by atoms with Crippen LogP contribution in [0.1, 0.15) is 53.0 Å². The van der Waals surface area contributed by atoms with Crippen LogP contribution >= 0.6 is 0 Å². The molecule has 2 N–H and O–H groups in total. The molecule has 3 heterocycles. The van der Waals surface area contributed by atoms with Crippen LogP contribution in [0.25, 0.3) is 0 Å². The molecule has 3 rings (SSSR count). The maximum Gasteiger partial charge on any atom is 0.272 e. The second-order valence-corrected chi connectivity index (χ2v) is 5.75. The molecule has 0 aromatic carbocycles. The van der Waals surface area contributed by atoms with Gasteiger partial charge in [0.15, 0.2) is 5.69 Å². The molecule has 1 aliphatic rings. The van der Waals surface area contributed by atoms with Gasteiger partial charge in [0, 0.05) is 30.4 Å². The number of aromatic amines is 1. The Bertz CT molecular complexity index is 695. The van der Waals surface area contributed by atoms with E-state index in [0.29, 0.717) is 18.7 Å². The summed E-state index contributed by atoms with van der Waals surface area (Å²) in [6.45, 7) is 6.37. The van der Waals surface area contributed by atoms with Crippen molar-refractivity contribution in [1.82, 2.24) is 20.5 Å². The fourth-order valence-corrected chi connectivity index (χ4v) is 2.84. The van der Waals surface area contributed by atoms with Gasteiger partial charge in [-0.05, 0) is 38.5 Å². The minimum absolute atomic E-state index is 0.0596. The summed E-state index contributed by atoms with van der Waals surface area (Å²) in [4.78, 5) is 16.5. The normalized spacial score (nSPS) is 20.5. The summed E-state index contributed by atoms with van der Waals surface area (Å²) in [6.07, 6.45) is 2.48. The number of H-pyrrole nitrogens is 1. The zero-order valence-corrected chi connectivity index (χ0v) is 13.0. The molecule has 1 amide bonds.